The number of halogens is 3. The molecular weight excluding hydrogens is 374 g/mol. The average Bonchev–Trinajstić information content (AvgIpc) is 2.95. The summed E-state index contributed by atoms with van der Waals surface area (Å²) in [5, 5.41) is 8.68. The fourth-order valence-corrected chi connectivity index (χ4v) is 3.70. The highest BCUT2D eigenvalue weighted by Crippen LogP contribution is 2.39. The third kappa shape index (κ3) is 3.22. The number of nitrogens with one attached hydrogen (secondary N) is 1. The second kappa shape index (κ2) is 7.35. The van der Waals surface area contributed by atoms with Crippen molar-refractivity contribution < 1.29 is 18.2 Å². The smallest absolute Gasteiger partial charge is 1.00 e. The van der Waals surface area contributed by atoms with E-state index in [0.717, 1.165) is 23.4 Å². The zero-order valence-electron chi connectivity index (χ0n) is 15.4. The molecule has 1 aliphatic heterocycles. The van der Waals surface area contributed by atoms with Crippen molar-refractivity contribution in [2.45, 2.75) is 32.5 Å². The maximum atomic E-state index is 14.6. The number of rotatable bonds is 2. The van der Waals surface area contributed by atoms with Crippen LogP contribution in [0.5, 0.6) is 0 Å². The summed E-state index contributed by atoms with van der Waals surface area (Å²) >= 11 is 5.92. The lowest BCUT2D eigenvalue weighted by Gasteiger charge is -2.28. The van der Waals surface area contributed by atoms with Gasteiger partial charge in [0, 0.05) is 40.6 Å². The quantitative estimate of drug-likeness (QED) is 0.719. The molecule has 2 aromatic heterocycles. The van der Waals surface area contributed by atoms with E-state index in [4.69, 9.17) is 16.7 Å². The Morgan fingerprint density at radius 3 is 2.65 bits per heavy atom. The van der Waals surface area contributed by atoms with E-state index in [1.807, 2.05) is 16.8 Å². The first-order valence-corrected chi connectivity index (χ1v) is 8.65. The zero-order chi connectivity index (χ0) is 17.6. The molecule has 3 heterocycles. The molecule has 0 bridgehead atoms. The first kappa shape index (κ1) is 18.8. The van der Waals surface area contributed by atoms with Crippen LogP contribution in [-0.4, -0.2) is 20.8 Å². The molecule has 1 aliphatic rings. The highest BCUT2D eigenvalue weighted by Gasteiger charge is 2.30. The van der Waals surface area contributed by atoms with Crippen LogP contribution in [-0.2, 0) is 6.54 Å². The molecule has 0 saturated carbocycles. The van der Waals surface area contributed by atoms with E-state index in [-0.39, 0.29) is 25.7 Å². The Balaban J connectivity index is 0.00000131. The molecule has 0 aliphatic carbocycles. The molecule has 4 rings (SSSR count). The third-order valence-corrected chi connectivity index (χ3v) is 4.77. The zero-order valence-corrected chi connectivity index (χ0v) is 15.9. The fraction of sp³-hybridized carbons (Fsp3) is 0.263. The number of hydrogen-bond acceptors (Lipinski definition) is 3. The van der Waals surface area contributed by atoms with Gasteiger partial charge < -0.3 is 17.7 Å². The van der Waals surface area contributed by atoms with Crippen LogP contribution >= 0.6 is 11.6 Å². The van der Waals surface area contributed by atoms with Gasteiger partial charge in [-0.1, -0.05) is 11.6 Å². The summed E-state index contributed by atoms with van der Waals surface area (Å²) in [6, 6.07) is 8.99. The molecular formula is C19H19Cl2FN4. The lowest BCUT2D eigenvalue weighted by atomic mass is 9.96. The molecule has 3 aromatic rings. The second-order valence-electron chi connectivity index (χ2n) is 6.44. The standard InChI is InChI=1S/C19H18ClFN4.ClH/c1-11-10-25-19(12(2)23-11)17(13-5-7-22-8-6-13)18(24-25)15-4-3-14(20)9-16(15)21;/h3-9,11-12,23H,10H2,1-2H3;1H/t11-,12?;/m1./s1. The monoisotopic (exact) mass is 392 g/mol. The second-order valence-corrected chi connectivity index (χ2v) is 6.88. The third-order valence-electron chi connectivity index (χ3n) is 4.54. The Hall–Kier alpha value is -1.95. The summed E-state index contributed by atoms with van der Waals surface area (Å²) < 4.78 is 16.6. The first-order chi connectivity index (χ1) is 12.0. The first-order valence-electron chi connectivity index (χ1n) is 8.27. The molecule has 1 unspecified atom stereocenters. The molecule has 4 nitrogen and oxygen atoms in total. The van der Waals surface area contributed by atoms with Gasteiger partial charge in [0.05, 0.1) is 12.2 Å². The summed E-state index contributed by atoms with van der Waals surface area (Å²) in [6.07, 6.45) is 3.48. The molecule has 136 valence electrons. The topological polar surface area (TPSA) is 42.7 Å². The Morgan fingerprint density at radius 2 is 1.96 bits per heavy atom. The van der Waals surface area contributed by atoms with Crippen LogP contribution in [0.3, 0.4) is 0 Å². The van der Waals surface area contributed by atoms with Crippen molar-refractivity contribution in [2.24, 2.45) is 0 Å². The van der Waals surface area contributed by atoms with Crippen molar-refractivity contribution in [1.29, 1.82) is 0 Å². The van der Waals surface area contributed by atoms with Gasteiger partial charge in [0.2, 0.25) is 0 Å². The predicted octanol–water partition coefficient (Wildman–Crippen LogP) is 1.57. The van der Waals surface area contributed by atoms with Crippen LogP contribution in [0, 0.1) is 5.82 Å². The molecule has 1 aromatic carbocycles. The summed E-state index contributed by atoms with van der Waals surface area (Å²) in [5.41, 5.74) is 4.07. The summed E-state index contributed by atoms with van der Waals surface area (Å²) in [4.78, 5) is 4.10. The van der Waals surface area contributed by atoms with E-state index in [2.05, 4.69) is 24.1 Å². The average molecular weight is 393 g/mol. The summed E-state index contributed by atoms with van der Waals surface area (Å²) in [7, 11) is 0. The van der Waals surface area contributed by atoms with Gasteiger partial charge >= 0.3 is 1.43 Å². The number of nitrogens with zero attached hydrogens (tertiary/aromatic N) is 3. The number of aromatic nitrogens is 3. The summed E-state index contributed by atoms with van der Waals surface area (Å²) in [6.45, 7) is 4.97. The molecule has 0 fully saturated rings. The highest BCUT2D eigenvalue weighted by molar-refractivity contribution is 6.30. The lowest BCUT2D eigenvalue weighted by Crippen LogP contribution is -3.00. The van der Waals surface area contributed by atoms with Gasteiger partial charge in [0.25, 0.3) is 0 Å². The molecule has 2 atom stereocenters. The van der Waals surface area contributed by atoms with Gasteiger partial charge in [0.1, 0.15) is 11.5 Å². The SMILES string of the molecule is CC1N[C@H](C)Cn2nc(-c3ccc(Cl)cc3F)c(-c3ccncc3)c21.[Cl-].[H+]. The van der Waals surface area contributed by atoms with Gasteiger partial charge in [-0.15, -0.1) is 0 Å². The van der Waals surface area contributed by atoms with Crippen molar-refractivity contribution in [1.82, 2.24) is 20.1 Å². The predicted molar refractivity (Wildman–Crippen MR) is 98.0 cm³/mol. The van der Waals surface area contributed by atoms with Crippen LogP contribution in [0.2, 0.25) is 5.02 Å². The Morgan fingerprint density at radius 1 is 1.23 bits per heavy atom. The van der Waals surface area contributed by atoms with Gasteiger partial charge in [-0.05, 0) is 49.7 Å². The van der Waals surface area contributed by atoms with Crippen molar-refractivity contribution in [3.63, 3.8) is 0 Å². The van der Waals surface area contributed by atoms with E-state index in [0.29, 0.717) is 22.3 Å². The molecule has 1 N–H and O–H groups in total. The minimum atomic E-state index is -0.369. The highest BCUT2D eigenvalue weighted by atomic mass is 35.5. The number of pyridine rings is 1. The van der Waals surface area contributed by atoms with Crippen LogP contribution in [0.15, 0.2) is 42.7 Å². The summed E-state index contributed by atoms with van der Waals surface area (Å²) in [5.74, 6) is -0.369. The van der Waals surface area contributed by atoms with E-state index in [9.17, 15) is 4.39 Å². The van der Waals surface area contributed by atoms with Crippen molar-refractivity contribution in [3.8, 4) is 22.4 Å². The van der Waals surface area contributed by atoms with Crippen molar-refractivity contribution >= 4 is 11.6 Å². The molecule has 0 radical (unpaired) electrons. The molecule has 26 heavy (non-hydrogen) atoms. The molecule has 0 amide bonds. The van der Waals surface area contributed by atoms with E-state index in [1.54, 1.807) is 24.5 Å². The number of hydrogen-bond donors (Lipinski definition) is 1. The lowest BCUT2D eigenvalue weighted by molar-refractivity contribution is -0.00000595. The van der Waals surface area contributed by atoms with Crippen LogP contribution in [0.4, 0.5) is 4.39 Å². The van der Waals surface area contributed by atoms with Crippen LogP contribution in [0.25, 0.3) is 22.4 Å². The molecule has 7 heteroatoms. The van der Waals surface area contributed by atoms with E-state index < -0.39 is 0 Å². The van der Waals surface area contributed by atoms with Crippen molar-refractivity contribution in [3.05, 3.63) is 59.3 Å². The van der Waals surface area contributed by atoms with Crippen LogP contribution < -0.4 is 17.7 Å². The minimum absolute atomic E-state index is 0. The normalized spacial score (nSPS) is 18.9. The van der Waals surface area contributed by atoms with Gasteiger partial charge in [-0.25, -0.2) is 4.39 Å². The van der Waals surface area contributed by atoms with Gasteiger partial charge in [-0.3, -0.25) is 9.67 Å². The van der Waals surface area contributed by atoms with Crippen molar-refractivity contribution in [2.75, 3.05) is 0 Å². The van der Waals surface area contributed by atoms with Gasteiger partial charge in [0.15, 0.2) is 0 Å². The largest absolute Gasteiger partial charge is 1.00 e. The van der Waals surface area contributed by atoms with E-state index in [1.165, 1.54) is 6.07 Å². The Bertz CT molecular complexity index is 933. The van der Waals surface area contributed by atoms with E-state index >= 15 is 0 Å². The Kier molecular flexibility index (Phi) is 5.32. The number of fused-ring (bicyclic) bond motifs is 1. The maximum Gasteiger partial charge on any atom is 1.00 e. The maximum absolute atomic E-state index is 14.6. The molecule has 0 saturated heterocycles. The Labute approximate surface area is 164 Å². The fourth-order valence-electron chi connectivity index (χ4n) is 3.55. The van der Waals surface area contributed by atoms with Gasteiger partial charge in [-0.2, -0.15) is 5.10 Å². The molecule has 0 spiro atoms. The number of benzene rings is 1. The van der Waals surface area contributed by atoms with Crippen LogP contribution in [0.1, 0.15) is 27.0 Å². The minimum Gasteiger partial charge on any atom is -1.00 e.